The average Bonchev–Trinajstić information content (AvgIpc) is 3.50. The number of aromatic nitrogens is 1. The first-order valence-corrected chi connectivity index (χ1v) is 17.2. The maximum atomic E-state index is 14.0. The van der Waals surface area contributed by atoms with Crippen molar-refractivity contribution in [2.75, 3.05) is 6.54 Å². The van der Waals surface area contributed by atoms with E-state index in [1.807, 2.05) is 32.0 Å². The van der Waals surface area contributed by atoms with Gasteiger partial charge in [-0.05, 0) is 48.8 Å². The van der Waals surface area contributed by atoms with Crippen molar-refractivity contribution in [3.63, 3.8) is 0 Å². The Balaban J connectivity index is 1.86. The topological polar surface area (TPSA) is 297 Å². The number of fused-ring (bicyclic) bond motifs is 1. The Hall–Kier alpha value is -5.97. The Morgan fingerprint density at radius 2 is 1.34 bits per heavy atom. The number of carboxylic acid groups (broad SMARTS) is 2. The van der Waals surface area contributed by atoms with Gasteiger partial charge in [-0.3, -0.25) is 29.0 Å². The fourth-order valence-electron chi connectivity index (χ4n) is 5.63. The minimum atomic E-state index is -1.61. The van der Waals surface area contributed by atoms with Gasteiger partial charge in [-0.25, -0.2) is 4.79 Å². The van der Waals surface area contributed by atoms with Crippen LogP contribution in [0.5, 0.6) is 0 Å². The Morgan fingerprint density at radius 3 is 1.98 bits per heavy atom. The predicted octanol–water partition coefficient (Wildman–Crippen LogP) is -0.121. The van der Waals surface area contributed by atoms with Gasteiger partial charge in [0.25, 0.3) is 0 Å². The first-order chi connectivity index (χ1) is 25.1. The maximum Gasteiger partial charge on any atom is 0.326 e. The summed E-state index contributed by atoms with van der Waals surface area (Å²) >= 11 is 0. The van der Waals surface area contributed by atoms with Crippen LogP contribution in [0.3, 0.4) is 0 Å². The lowest BCUT2D eigenvalue weighted by Crippen LogP contribution is -2.59. The molecule has 0 aliphatic heterocycles. The van der Waals surface area contributed by atoms with Gasteiger partial charge in [-0.1, -0.05) is 62.4 Å². The van der Waals surface area contributed by atoms with E-state index in [9.17, 15) is 39.0 Å². The second-order valence-electron chi connectivity index (χ2n) is 13.1. The van der Waals surface area contributed by atoms with Gasteiger partial charge < -0.3 is 53.7 Å². The minimum Gasteiger partial charge on any atom is -0.481 e. The molecule has 286 valence electrons. The molecule has 0 saturated heterocycles. The number of guanidine groups is 1. The fraction of sp³-hybridized carbons (Fsp3) is 0.417. The van der Waals surface area contributed by atoms with E-state index in [-0.39, 0.29) is 50.5 Å². The smallest absolute Gasteiger partial charge is 0.326 e. The van der Waals surface area contributed by atoms with Gasteiger partial charge in [0, 0.05) is 30.1 Å². The molecule has 2 aromatic carbocycles. The molecule has 3 aromatic rings. The van der Waals surface area contributed by atoms with Gasteiger partial charge in [0.05, 0.1) is 12.5 Å². The second-order valence-corrected chi connectivity index (χ2v) is 13.1. The summed E-state index contributed by atoms with van der Waals surface area (Å²) in [6, 6.07) is 9.53. The molecule has 17 nitrogen and oxygen atoms in total. The largest absolute Gasteiger partial charge is 0.481 e. The van der Waals surface area contributed by atoms with E-state index in [0.717, 1.165) is 16.5 Å². The zero-order valence-corrected chi connectivity index (χ0v) is 29.7. The van der Waals surface area contributed by atoms with Crippen LogP contribution in [-0.2, 0) is 41.6 Å². The number of para-hydroxylation sites is 1. The first kappa shape index (κ1) is 41.5. The standard InChI is InChI=1S/C36H49N9O8/c1-20(2)15-27(32(49)42-26(35(52)53)13-8-14-40-36(38)39)44-33(50)28(17-22-19-41-25-12-7-6-11-23(22)25)45-34(51)29(18-30(46)47)43-31(48)24(37)16-21-9-4-3-5-10-21/h3-7,9-12,19-20,24,26-29,41H,8,13-18,37H2,1-2H3,(H,42,49)(H,43,48)(H,44,50)(H,45,51)(H,46,47)(H,52,53)(H4,38,39,40)/t24-,26-,27-,28-,29-/m0/s1. The summed E-state index contributed by atoms with van der Waals surface area (Å²) in [5.41, 5.74) is 18.9. The normalized spacial score (nSPS) is 13.9. The highest BCUT2D eigenvalue weighted by Gasteiger charge is 2.33. The summed E-state index contributed by atoms with van der Waals surface area (Å²) < 4.78 is 0. The molecule has 4 amide bonds. The molecule has 0 aliphatic rings. The number of amides is 4. The number of H-pyrrole nitrogens is 1. The van der Waals surface area contributed by atoms with E-state index in [1.54, 1.807) is 42.6 Å². The number of benzene rings is 2. The summed E-state index contributed by atoms with van der Waals surface area (Å²) in [5.74, 6) is -6.27. The number of carboxylic acids is 2. The molecule has 3 rings (SSSR count). The maximum absolute atomic E-state index is 14.0. The van der Waals surface area contributed by atoms with Crippen molar-refractivity contribution in [2.45, 2.75) is 82.6 Å². The zero-order valence-electron chi connectivity index (χ0n) is 29.7. The summed E-state index contributed by atoms with van der Waals surface area (Å²) in [5, 5.41) is 30.2. The molecule has 0 unspecified atom stereocenters. The quantitative estimate of drug-likeness (QED) is 0.0391. The Kier molecular flexibility index (Phi) is 15.8. The number of carbonyl (C=O) groups excluding carboxylic acids is 4. The van der Waals surface area contributed by atoms with Crippen molar-refractivity contribution in [1.82, 2.24) is 26.3 Å². The monoisotopic (exact) mass is 735 g/mol. The molecule has 0 saturated carbocycles. The lowest BCUT2D eigenvalue weighted by atomic mass is 10.00. The molecule has 0 bridgehead atoms. The van der Waals surface area contributed by atoms with E-state index in [0.29, 0.717) is 5.56 Å². The second kappa shape index (κ2) is 20.2. The van der Waals surface area contributed by atoms with Crippen LogP contribution in [0.15, 0.2) is 65.8 Å². The molecular weight excluding hydrogens is 686 g/mol. The number of hydrogen-bond acceptors (Lipinski definition) is 8. The lowest BCUT2D eigenvalue weighted by molar-refractivity contribution is -0.142. The molecule has 0 radical (unpaired) electrons. The third-order valence-corrected chi connectivity index (χ3v) is 8.28. The number of nitrogens with one attached hydrogen (secondary N) is 5. The predicted molar refractivity (Wildman–Crippen MR) is 197 cm³/mol. The van der Waals surface area contributed by atoms with Crippen LogP contribution in [0, 0.1) is 5.92 Å². The van der Waals surface area contributed by atoms with Crippen LogP contribution in [0.2, 0.25) is 0 Å². The van der Waals surface area contributed by atoms with Gasteiger partial charge in [0.2, 0.25) is 23.6 Å². The SMILES string of the molecule is CC(C)C[C@H](NC(=O)[C@H](Cc1c[nH]c2ccccc12)NC(=O)[C@H](CC(=O)O)NC(=O)[C@@H](N)Cc1ccccc1)C(=O)N[C@@H](CCCN=C(N)N)C(=O)O. The van der Waals surface area contributed by atoms with Crippen molar-refractivity contribution < 1.29 is 39.0 Å². The molecule has 1 aromatic heterocycles. The molecule has 0 aliphatic carbocycles. The van der Waals surface area contributed by atoms with E-state index >= 15 is 0 Å². The van der Waals surface area contributed by atoms with Gasteiger partial charge in [0.1, 0.15) is 24.2 Å². The number of aliphatic carboxylic acids is 2. The summed E-state index contributed by atoms with van der Waals surface area (Å²) in [4.78, 5) is 84.9. The van der Waals surface area contributed by atoms with E-state index in [2.05, 4.69) is 31.2 Å². The van der Waals surface area contributed by atoms with Crippen molar-refractivity contribution in [2.24, 2.45) is 28.1 Å². The number of rotatable bonds is 21. The van der Waals surface area contributed by atoms with Gasteiger partial charge in [-0.2, -0.15) is 0 Å². The molecule has 17 heteroatoms. The van der Waals surface area contributed by atoms with Crippen molar-refractivity contribution in [3.8, 4) is 0 Å². The van der Waals surface area contributed by atoms with Crippen molar-refractivity contribution in [3.05, 3.63) is 71.9 Å². The van der Waals surface area contributed by atoms with Crippen molar-refractivity contribution >= 4 is 52.4 Å². The van der Waals surface area contributed by atoms with Gasteiger partial charge >= 0.3 is 11.9 Å². The first-order valence-electron chi connectivity index (χ1n) is 17.2. The molecule has 1 heterocycles. The number of nitrogens with two attached hydrogens (primary N) is 3. The number of nitrogens with zero attached hydrogens (tertiary/aromatic N) is 1. The number of hydrogen-bond donors (Lipinski definition) is 10. The minimum absolute atomic E-state index is 0.00510. The van der Waals surface area contributed by atoms with Crippen LogP contribution in [0.1, 0.15) is 50.7 Å². The van der Waals surface area contributed by atoms with Crippen LogP contribution in [0.25, 0.3) is 10.9 Å². The molecule has 13 N–H and O–H groups in total. The van der Waals surface area contributed by atoms with E-state index in [4.69, 9.17) is 17.2 Å². The summed E-state index contributed by atoms with van der Waals surface area (Å²) in [7, 11) is 0. The summed E-state index contributed by atoms with van der Waals surface area (Å²) in [6.07, 6.45) is 1.25. The highest BCUT2D eigenvalue weighted by atomic mass is 16.4. The number of aliphatic imine (C=N–C) groups is 1. The molecular formula is C36H49N9O8. The van der Waals surface area contributed by atoms with Gasteiger partial charge in [0.15, 0.2) is 5.96 Å². The Labute approximate surface area is 306 Å². The molecule has 0 fully saturated rings. The zero-order chi connectivity index (χ0) is 39.1. The Morgan fingerprint density at radius 1 is 0.755 bits per heavy atom. The highest BCUT2D eigenvalue weighted by molar-refractivity contribution is 5.97. The Bertz CT molecular complexity index is 1760. The van der Waals surface area contributed by atoms with Crippen LogP contribution in [0.4, 0.5) is 0 Å². The third kappa shape index (κ3) is 13.6. The molecule has 0 spiro atoms. The van der Waals surface area contributed by atoms with Crippen LogP contribution in [-0.4, -0.2) is 93.5 Å². The molecule has 53 heavy (non-hydrogen) atoms. The summed E-state index contributed by atoms with van der Waals surface area (Å²) in [6.45, 7) is 3.76. The van der Waals surface area contributed by atoms with E-state index < -0.39 is 72.2 Å². The molecule has 5 atom stereocenters. The van der Waals surface area contributed by atoms with Crippen molar-refractivity contribution in [1.29, 1.82) is 0 Å². The van der Waals surface area contributed by atoms with Crippen LogP contribution < -0.4 is 38.5 Å². The number of aromatic amines is 1. The average molecular weight is 736 g/mol. The fourth-order valence-corrected chi connectivity index (χ4v) is 5.63. The van der Waals surface area contributed by atoms with E-state index in [1.165, 1.54) is 0 Å². The lowest BCUT2D eigenvalue weighted by Gasteiger charge is -2.27. The third-order valence-electron chi connectivity index (χ3n) is 8.28. The highest BCUT2D eigenvalue weighted by Crippen LogP contribution is 2.20. The van der Waals surface area contributed by atoms with Crippen LogP contribution >= 0.6 is 0 Å². The number of carbonyl (C=O) groups is 6. The van der Waals surface area contributed by atoms with Gasteiger partial charge in [-0.15, -0.1) is 0 Å².